The molecule has 0 radical (unpaired) electrons. The van der Waals surface area contributed by atoms with Gasteiger partial charge < -0.3 is 5.32 Å². The fourth-order valence-electron chi connectivity index (χ4n) is 4.06. The summed E-state index contributed by atoms with van der Waals surface area (Å²) in [6.07, 6.45) is 0. The van der Waals surface area contributed by atoms with Gasteiger partial charge in [0.2, 0.25) is 5.91 Å². The summed E-state index contributed by atoms with van der Waals surface area (Å²) in [6.45, 7) is 4.98. The van der Waals surface area contributed by atoms with Gasteiger partial charge in [0.25, 0.3) is 15.9 Å². The van der Waals surface area contributed by atoms with Crippen LogP contribution in [-0.4, -0.2) is 25.9 Å². The highest BCUT2D eigenvalue weighted by Gasteiger charge is 2.28. The number of sulfonamides is 1. The van der Waals surface area contributed by atoms with Gasteiger partial charge in [-0.05, 0) is 73.5 Å². The van der Waals surface area contributed by atoms with Crippen molar-refractivity contribution in [2.45, 2.75) is 32.2 Å². The molecule has 0 saturated carbocycles. The van der Waals surface area contributed by atoms with Crippen LogP contribution in [0.2, 0.25) is 5.02 Å². The van der Waals surface area contributed by atoms with E-state index in [2.05, 4.69) is 15.8 Å². The highest BCUT2D eigenvalue weighted by molar-refractivity contribution is 7.92. The topological polar surface area (TPSA) is 108 Å². The van der Waals surface area contributed by atoms with Crippen LogP contribution in [0.1, 0.15) is 40.9 Å². The lowest BCUT2D eigenvalue weighted by molar-refractivity contribution is -0.114. The van der Waals surface area contributed by atoms with Crippen LogP contribution in [0.5, 0.6) is 0 Å². The molecule has 4 aromatic carbocycles. The van der Waals surface area contributed by atoms with E-state index in [0.29, 0.717) is 27.5 Å². The number of hydrazone groups is 1. The lowest BCUT2D eigenvalue weighted by Gasteiger charge is -2.26. The molecule has 8 nitrogen and oxygen atoms in total. The van der Waals surface area contributed by atoms with Gasteiger partial charge in [-0.2, -0.15) is 5.10 Å². The van der Waals surface area contributed by atoms with Crippen molar-refractivity contribution in [1.82, 2.24) is 5.43 Å². The molecule has 0 aliphatic rings. The molecule has 0 aliphatic carbocycles. The number of anilines is 2. The Hall–Kier alpha value is -4.47. The maximum absolute atomic E-state index is 14.0. The standard InChI is InChI=1S/C31H29ClN4O4S/c1-21-11-17-28(18-12-21)41(39,40)36(20-24-13-15-26(32)16-14-24)30-10-5-4-9-29(30)31(38)35-34-22(2)25-7-6-8-27(19-25)33-23(3)37/h4-19H,20H2,1-3H3,(H,33,37)(H,35,38)/b34-22-. The first kappa shape index (κ1) is 29.5. The molecule has 41 heavy (non-hydrogen) atoms. The summed E-state index contributed by atoms with van der Waals surface area (Å²) in [6, 6.07) is 26.9. The Morgan fingerprint density at radius 1 is 0.878 bits per heavy atom. The number of para-hydroxylation sites is 1. The fraction of sp³-hybridized carbons (Fsp3) is 0.129. The lowest BCUT2D eigenvalue weighted by atomic mass is 10.1. The monoisotopic (exact) mass is 588 g/mol. The highest BCUT2D eigenvalue weighted by atomic mass is 35.5. The molecule has 0 heterocycles. The number of nitrogens with zero attached hydrogens (tertiary/aromatic N) is 2. The van der Waals surface area contributed by atoms with Crippen LogP contribution in [0.4, 0.5) is 11.4 Å². The average Bonchev–Trinajstić information content (AvgIpc) is 2.95. The van der Waals surface area contributed by atoms with Gasteiger partial charge in [0.05, 0.1) is 28.4 Å². The van der Waals surface area contributed by atoms with Gasteiger partial charge in [-0.1, -0.05) is 65.7 Å². The van der Waals surface area contributed by atoms with E-state index in [0.717, 1.165) is 5.56 Å². The molecule has 2 amide bonds. The number of amides is 2. The molecule has 0 fully saturated rings. The number of benzene rings is 4. The lowest BCUT2D eigenvalue weighted by Crippen LogP contribution is -2.33. The molecule has 10 heteroatoms. The molecule has 0 atom stereocenters. The predicted molar refractivity (Wildman–Crippen MR) is 163 cm³/mol. The summed E-state index contributed by atoms with van der Waals surface area (Å²) >= 11 is 6.05. The van der Waals surface area contributed by atoms with Crippen molar-refractivity contribution in [3.05, 3.63) is 124 Å². The SMILES string of the molecule is CC(=O)Nc1cccc(/C(C)=N\NC(=O)c2ccccc2N(Cc2ccc(Cl)cc2)S(=O)(=O)c2ccc(C)cc2)c1. The second-order valence-electron chi connectivity index (χ2n) is 9.37. The molecule has 210 valence electrons. The third-order valence-electron chi connectivity index (χ3n) is 6.19. The normalized spacial score (nSPS) is 11.6. The molecule has 2 N–H and O–H groups in total. The van der Waals surface area contributed by atoms with Crippen LogP contribution in [0.3, 0.4) is 0 Å². The summed E-state index contributed by atoms with van der Waals surface area (Å²) in [4.78, 5) is 24.9. The van der Waals surface area contributed by atoms with Crippen LogP contribution in [0.25, 0.3) is 0 Å². The van der Waals surface area contributed by atoms with Crippen molar-refractivity contribution >= 4 is 50.5 Å². The van der Waals surface area contributed by atoms with Gasteiger partial charge >= 0.3 is 0 Å². The van der Waals surface area contributed by atoms with Gasteiger partial charge in [-0.25, -0.2) is 13.8 Å². The van der Waals surface area contributed by atoms with Crippen LogP contribution in [-0.2, 0) is 21.4 Å². The van der Waals surface area contributed by atoms with E-state index < -0.39 is 15.9 Å². The fourth-order valence-corrected chi connectivity index (χ4v) is 5.66. The van der Waals surface area contributed by atoms with Crippen molar-refractivity contribution in [3.63, 3.8) is 0 Å². The zero-order valence-corrected chi connectivity index (χ0v) is 24.3. The van der Waals surface area contributed by atoms with E-state index in [1.54, 1.807) is 104 Å². The van der Waals surface area contributed by atoms with Crippen LogP contribution >= 0.6 is 11.6 Å². The van der Waals surface area contributed by atoms with E-state index in [9.17, 15) is 18.0 Å². The first-order chi connectivity index (χ1) is 19.5. The molecule has 0 bridgehead atoms. The highest BCUT2D eigenvalue weighted by Crippen LogP contribution is 2.30. The number of aryl methyl sites for hydroxylation is 1. The molecule has 4 rings (SSSR count). The Kier molecular flexibility index (Phi) is 9.21. The van der Waals surface area contributed by atoms with E-state index >= 15 is 0 Å². The van der Waals surface area contributed by atoms with Crippen molar-refractivity contribution < 1.29 is 18.0 Å². The van der Waals surface area contributed by atoms with E-state index in [-0.39, 0.29) is 28.6 Å². The molecule has 0 unspecified atom stereocenters. The average molecular weight is 589 g/mol. The van der Waals surface area contributed by atoms with Crippen molar-refractivity contribution in [3.8, 4) is 0 Å². The van der Waals surface area contributed by atoms with Gasteiger partial charge in [0.1, 0.15) is 0 Å². The summed E-state index contributed by atoms with van der Waals surface area (Å²) in [5.74, 6) is -0.788. The molecule has 0 spiro atoms. The zero-order valence-electron chi connectivity index (χ0n) is 22.8. The molecule has 4 aromatic rings. The number of carbonyl (C=O) groups excluding carboxylic acids is 2. The summed E-state index contributed by atoms with van der Waals surface area (Å²) < 4.78 is 29.1. The van der Waals surface area contributed by atoms with Gasteiger partial charge in [0, 0.05) is 17.6 Å². The summed E-state index contributed by atoms with van der Waals surface area (Å²) in [7, 11) is -4.07. The van der Waals surface area contributed by atoms with Gasteiger partial charge in [-0.3, -0.25) is 13.9 Å². The minimum absolute atomic E-state index is 0.0318. The van der Waals surface area contributed by atoms with E-state index in [4.69, 9.17) is 11.6 Å². The first-order valence-corrected chi connectivity index (χ1v) is 14.5. The molecular formula is C31H29ClN4O4S. The van der Waals surface area contributed by atoms with Crippen molar-refractivity contribution in [2.24, 2.45) is 5.10 Å². The van der Waals surface area contributed by atoms with Gasteiger partial charge in [0.15, 0.2) is 0 Å². The largest absolute Gasteiger partial charge is 0.326 e. The van der Waals surface area contributed by atoms with Crippen LogP contribution in [0, 0.1) is 6.92 Å². The maximum atomic E-state index is 14.0. The molecule has 0 saturated heterocycles. The third-order valence-corrected chi connectivity index (χ3v) is 8.22. The summed E-state index contributed by atoms with van der Waals surface area (Å²) in [5, 5.41) is 7.48. The van der Waals surface area contributed by atoms with Crippen LogP contribution < -0.4 is 15.0 Å². The van der Waals surface area contributed by atoms with Gasteiger partial charge in [-0.15, -0.1) is 0 Å². The third kappa shape index (κ3) is 7.39. The van der Waals surface area contributed by atoms with E-state index in [1.807, 2.05) is 6.92 Å². The number of hydrogen-bond acceptors (Lipinski definition) is 5. The second-order valence-corrected chi connectivity index (χ2v) is 11.7. The van der Waals surface area contributed by atoms with Crippen molar-refractivity contribution in [1.29, 1.82) is 0 Å². The number of rotatable bonds is 9. The molecule has 0 aliphatic heterocycles. The number of halogens is 1. The molecular weight excluding hydrogens is 560 g/mol. The smallest absolute Gasteiger partial charge is 0.273 e. The Labute approximate surface area is 244 Å². The number of hydrogen-bond donors (Lipinski definition) is 2. The number of carbonyl (C=O) groups is 2. The minimum atomic E-state index is -4.07. The number of nitrogens with one attached hydrogen (secondary N) is 2. The Morgan fingerprint density at radius 2 is 1.56 bits per heavy atom. The van der Waals surface area contributed by atoms with Crippen molar-refractivity contribution in [2.75, 3.05) is 9.62 Å². The molecule has 0 aromatic heterocycles. The Balaban J connectivity index is 1.69. The first-order valence-electron chi connectivity index (χ1n) is 12.7. The second kappa shape index (κ2) is 12.8. The Morgan fingerprint density at radius 3 is 2.24 bits per heavy atom. The zero-order chi connectivity index (χ0) is 29.6. The summed E-state index contributed by atoms with van der Waals surface area (Å²) in [5.41, 5.74) is 6.26. The van der Waals surface area contributed by atoms with Crippen LogP contribution in [0.15, 0.2) is 107 Å². The maximum Gasteiger partial charge on any atom is 0.273 e. The minimum Gasteiger partial charge on any atom is -0.326 e. The van der Waals surface area contributed by atoms with E-state index in [1.165, 1.54) is 11.2 Å². The predicted octanol–water partition coefficient (Wildman–Crippen LogP) is 6.16. The quantitative estimate of drug-likeness (QED) is 0.180. The Bertz CT molecular complexity index is 1700.